The second-order valence-electron chi connectivity index (χ2n) is 7.93. The Morgan fingerprint density at radius 3 is 2.74 bits per heavy atom. The molecule has 1 aromatic carbocycles. The van der Waals surface area contributed by atoms with Crippen molar-refractivity contribution >= 4 is 23.4 Å². The molecule has 2 aromatic rings. The van der Waals surface area contributed by atoms with Crippen LogP contribution in [0.5, 0.6) is 5.75 Å². The third-order valence-corrected chi connectivity index (χ3v) is 6.01. The highest BCUT2D eigenvalue weighted by Gasteiger charge is 2.35. The zero-order valence-corrected chi connectivity index (χ0v) is 18.1. The Morgan fingerprint density at radius 1 is 1.16 bits per heavy atom. The van der Waals surface area contributed by atoms with E-state index in [9.17, 15) is 9.59 Å². The molecule has 1 aromatic heterocycles. The molecular formula is C22H27ClN4O4. The van der Waals surface area contributed by atoms with E-state index in [1.807, 2.05) is 21.9 Å². The zero-order chi connectivity index (χ0) is 21.6. The predicted octanol–water partition coefficient (Wildman–Crippen LogP) is 2.08. The van der Waals surface area contributed by atoms with E-state index in [4.69, 9.17) is 21.1 Å². The minimum absolute atomic E-state index is 0.0167. The summed E-state index contributed by atoms with van der Waals surface area (Å²) >= 11 is 6.10. The Balaban J connectivity index is 1.44. The second kappa shape index (κ2) is 10.2. The van der Waals surface area contributed by atoms with Gasteiger partial charge in [0.1, 0.15) is 18.4 Å². The van der Waals surface area contributed by atoms with Crippen LogP contribution in [-0.2, 0) is 20.9 Å². The van der Waals surface area contributed by atoms with Crippen molar-refractivity contribution in [1.29, 1.82) is 0 Å². The molecule has 0 bridgehead atoms. The largest absolute Gasteiger partial charge is 0.490 e. The Hall–Kier alpha value is -2.58. The van der Waals surface area contributed by atoms with Gasteiger partial charge in [-0.2, -0.15) is 0 Å². The zero-order valence-electron chi connectivity index (χ0n) is 17.4. The average molecular weight is 447 g/mol. The maximum atomic E-state index is 12.9. The SMILES string of the molecule is O=C(C[C@H]1CN(C(=O)Cn2ccnc2)CC[C@@H]1Oc1cccc(Cl)c1)N1CCOCC1. The summed E-state index contributed by atoms with van der Waals surface area (Å²) < 4.78 is 13.4. The van der Waals surface area contributed by atoms with Gasteiger partial charge in [-0.05, 0) is 18.2 Å². The molecule has 166 valence electrons. The molecular weight excluding hydrogens is 420 g/mol. The molecule has 31 heavy (non-hydrogen) atoms. The summed E-state index contributed by atoms with van der Waals surface area (Å²) in [7, 11) is 0. The van der Waals surface area contributed by atoms with Gasteiger partial charge in [-0.15, -0.1) is 0 Å². The van der Waals surface area contributed by atoms with Crippen molar-refractivity contribution in [3.63, 3.8) is 0 Å². The van der Waals surface area contributed by atoms with Gasteiger partial charge in [0.25, 0.3) is 0 Å². The van der Waals surface area contributed by atoms with Gasteiger partial charge in [-0.3, -0.25) is 9.59 Å². The van der Waals surface area contributed by atoms with Crippen LogP contribution >= 0.6 is 11.6 Å². The van der Waals surface area contributed by atoms with Gasteiger partial charge in [-0.25, -0.2) is 4.98 Å². The molecule has 0 radical (unpaired) electrons. The van der Waals surface area contributed by atoms with E-state index in [1.165, 1.54) is 0 Å². The molecule has 2 atom stereocenters. The van der Waals surface area contributed by atoms with Gasteiger partial charge in [-0.1, -0.05) is 17.7 Å². The monoisotopic (exact) mass is 446 g/mol. The molecule has 2 saturated heterocycles. The van der Waals surface area contributed by atoms with Gasteiger partial charge in [0, 0.05) is 62.4 Å². The van der Waals surface area contributed by atoms with Crippen LogP contribution in [0.2, 0.25) is 5.02 Å². The second-order valence-corrected chi connectivity index (χ2v) is 8.37. The predicted molar refractivity (Wildman–Crippen MR) is 115 cm³/mol. The van der Waals surface area contributed by atoms with Gasteiger partial charge < -0.3 is 23.8 Å². The first-order chi connectivity index (χ1) is 15.1. The van der Waals surface area contributed by atoms with Crippen molar-refractivity contribution in [2.75, 3.05) is 39.4 Å². The number of hydrogen-bond donors (Lipinski definition) is 0. The first-order valence-electron chi connectivity index (χ1n) is 10.6. The number of halogens is 1. The summed E-state index contributed by atoms with van der Waals surface area (Å²) in [5.74, 6) is 0.675. The molecule has 4 rings (SSSR count). The number of hydrogen-bond acceptors (Lipinski definition) is 5. The normalized spacial score (nSPS) is 21.7. The van der Waals surface area contributed by atoms with E-state index in [1.54, 1.807) is 35.4 Å². The van der Waals surface area contributed by atoms with Gasteiger partial charge in [0.2, 0.25) is 11.8 Å². The minimum Gasteiger partial charge on any atom is -0.490 e. The van der Waals surface area contributed by atoms with Crippen LogP contribution in [0.15, 0.2) is 43.0 Å². The van der Waals surface area contributed by atoms with Crippen LogP contribution in [0.4, 0.5) is 0 Å². The fourth-order valence-electron chi connectivity index (χ4n) is 4.11. The quantitative estimate of drug-likeness (QED) is 0.679. The Morgan fingerprint density at radius 2 is 2.00 bits per heavy atom. The molecule has 2 aliphatic heterocycles. The number of nitrogens with zero attached hydrogens (tertiary/aromatic N) is 4. The molecule has 9 heteroatoms. The van der Waals surface area contributed by atoms with Crippen LogP contribution in [0, 0.1) is 5.92 Å². The minimum atomic E-state index is -0.166. The number of carbonyl (C=O) groups is 2. The van der Waals surface area contributed by atoms with Gasteiger partial charge >= 0.3 is 0 Å². The average Bonchev–Trinajstić information content (AvgIpc) is 3.28. The highest BCUT2D eigenvalue weighted by Crippen LogP contribution is 2.28. The third-order valence-electron chi connectivity index (χ3n) is 5.78. The van der Waals surface area contributed by atoms with E-state index < -0.39 is 0 Å². The molecule has 0 spiro atoms. The molecule has 0 aliphatic carbocycles. The molecule has 0 unspecified atom stereocenters. The summed E-state index contributed by atoms with van der Waals surface area (Å²) in [6.45, 7) is 3.64. The standard InChI is InChI=1S/C22H27ClN4O4/c23-18-2-1-3-19(13-18)31-20-4-6-27(22(29)15-25-7-5-24-16-25)14-17(20)12-21(28)26-8-10-30-11-9-26/h1-3,5,7,13,16-17,20H,4,6,8-12,14-15H2/t17-,20-/m0/s1. The number of imidazole rings is 1. The molecule has 3 heterocycles. The molecule has 8 nitrogen and oxygen atoms in total. The van der Waals surface area contributed by atoms with E-state index in [2.05, 4.69) is 4.98 Å². The van der Waals surface area contributed by atoms with Crippen LogP contribution in [0.3, 0.4) is 0 Å². The summed E-state index contributed by atoms with van der Waals surface area (Å²) in [6.07, 6.45) is 5.88. The lowest BCUT2D eigenvalue weighted by molar-refractivity contribution is -0.141. The van der Waals surface area contributed by atoms with Crippen molar-refractivity contribution in [1.82, 2.24) is 19.4 Å². The van der Waals surface area contributed by atoms with Crippen molar-refractivity contribution < 1.29 is 19.1 Å². The molecule has 2 amide bonds. The van der Waals surface area contributed by atoms with Crippen molar-refractivity contribution in [2.24, 2.45) is 5.92 Å². The number of rotatable bonds is 6. The molecule has 2 aliphatic rings. The van der Waals surface area contributed by atoms with Crippen LogP contribution in [-0.4, -0.2) is 76.7 Å². The van der Waals surface area contributed by atoms with Crippen molar-refractivity contribution in [3.05, 3.63) is 48.0 Å². The first-order valence-corrected chi connectivity index (χ1v) is 11.0. The molecule has 0 saturated carbocycles. The summed E-state index contributed by atoms with van der Waals surface area (Å²) in [5.41, 5.74) is 0. The van der Waals surface area contributed by atoms with E-state index >= 15 is 0 Å². The number of benzene rings is 1. The Labute approximate surface area is 186 Å². The number of morpholine rings is 1. The number of likely N-dealkylation sites (tertiary alicyclic amines) is 1. The van der Waals surface area contributed by atoms with Crippen LogP contribution < -0.4 is 4.74 Å². The number of ether oxygens (including phenoxy) is 2. The van der Waals surface area contributed by atoms with E-state index in [0.717, 1.165) is 0 Å². The molecule has 0 N–H and O–H groups in total. The van der Waals surface area contributed by atoms with Crippen LogP contribution in [0.25, 0.3) is 0 Å². The summed E-state index contributed by atoms with van der Waals surface area (Å²) in [4.78, 5) is 33.4. The summed E-state index contributed by atoms with van der Waals surface area (Å²) in [6, 6.07) is 7.28. The smallest absolute Gasteiger partial charge is 0.242 e. The number of piperidine rings is 1. The van der Waals surface area contributed by atoms with Crippen LogP contribution in [0.1, 0.15) is 12.8 Å². The van der Waals surface area contributed by atoms with E-state index in [-0.39, 0.29) is 30.4 Å². The maximum absolute atomic E-state index is 12.9. The lowest BCUT2D eigenvalue weighted by Crippen LogP contribution is -2.51. The van der Waals surface area contributed by atoms with Crippen molar-refractivity contribution in [3.8, 4) is 5.75 Å². The van der Waals surface area contributed by atoms with Gasteiger partial charge in [0.15, 0.2) is 0 Å². The maximum Gasteiger partial charge on any atom is 0.242 e. The number of aromatic nitrogens is 2. The number of amides is 2. The first kappa shape index (κ1) is 21.6. The topological polar surface area (TPSA) is 76.9 Å². The third kappa shape index (κ3) is 5.77. The Kier molecular flexibility index (Phi) is 7.09. The summed E-state index contributed by atoms with van der Waals surface area (Å²) in [5, 5.41) is 0.603. The van der Waals surface area contributed by atoms with Gasteiger partial charge in [0.05, 0.1) is 19.5 Å². The number of carbonyl (C=O) groups excluding carboxylic acids is 2. The fourth-order valence-corrected chi connectivity index (χ4v) is 4.29. The highest BCUT2D eigenvalue weighted by molar-refractivity contribution is 6.30. The van der Waals surface area contributed by atoms with E-state index in [0.29, 0.717) is 63.0 Å². The Bertz CT molecular complexity index is 885. The lowest BCUT2D eigenvalue weighted by Gasteiger charge is -2.39. The fraction of sp³-hybridized carbons (Fsp3) is 0.500. The molecule has 2 fully saturated rings. The highest BCUT2D eigenvalue weighted by atomic mass is 35.5. The lowest BCUT2D eigenvalue weighted by atomic mass is 9.90. The van der Waals surface area contributed by atoms with Crippen molar-refractivity contribution in [2.45, 2.75) is 25.5 Å².